The van der Waals surface area contributed by atoms with Crippen molar-refractivity contribution in [2.75, 3.05) is 20.3 Å². The minimum Gasteiger partial charge on any atom is -0.494 e. The molecule has 10 heteroatoms. The highest BCUT2D eigenvalue weighted by Gasteiger charge is 2.14. The molecule has 0 bridgehead atoms. The van der Waals surface area contributed by atoms with Gasteiger partial charge >= 0.3 is 0 Å². The van der Waals surface area contributed by atoms with Crippen LogP contribution in [0.15, 0.2) is 83.8 Å². The molecule has 0 amide bonds. The number of unbranched alkanes of at least 4 members (excludes halogenated alkanes) is 4. The maximum absolute atomic E-state index is 13.5. The average molecular weight is 676 g/mol. The van der Waals surface area contributed by atoms with Gasteiger partial charge in [-0.2, -0.15) is 14.6 Å². The average Bonchev–Trinajstić information content (AvgIpc) is 3.82. The van der Waals surface area contributed by atoms with Gasteiger partial charge in [0.1, 0.15) is 11.4 Å². The summed E-state index contributed by atoms with van der Waals surface area (Å²) in [5, 5.41) is 9.42. The Hall–Kier alpha value is -5.22. The molecule has 0 aliphatic heterocycles. The minimum atomic E-state index is -0.229. The topological polar surface area (TPSA) is 92.8 Å². The predicted molar refractivity (Wildman–Crippen MR) is 197 cm³/mol. The van der Waals surface area contributed by atoms with Crippen molar-refractivity contribution in [3.8, 4) is 34.2 Å². The monoisotopic (exact) mass is 675 g/mol. The Morgan fingerprint density at radius 2 is 1.61 bits per heavy atom. The second-order valence-corrected chi connectivity index (χ2v) is 12.7. The molecular formula is C39H41N5O4S. The molecule has 252 valence electrons. The number of methoxy groups -OCH3 is 1. The Bertz CT molecular complexity index is 2120. The van der Waals surface area contributed by atoms with Gasteiger partial charge in [-0.1, -0.05) is 81.2 Å². The van der Waals surface area contributed by atoms with Gasteiger partial charge in [0, 0.05) is 17.3 Å². The normalized spacial score (nSPS) is 11.9. The predicted octanol–water partition coefficient (Wildman–Crippen LogP) is 7.87. The Kier molecular flexibility index (Phi) is 11.2. The van der Waals surface area contributed by atoms with E-state index < -0.39 is 0 Å². The van der Waals surface area contributed by atoms with Gasteiger partial charge in [0.25, 0.3) is 5.56 Å². The first-order chi connectivity index (χ1) is 24.1. The van der Waals surface area contributed by atoms with Gasteiger partial charge in [-0.15, -0.1) is 5.10 Å². The molecule has 0 atom stereocenters. The van der Waals surface area contributed by atoms with Crippen LogP contribution >= 0.6 is 11.3 Å². The van der Waals surface area contributed by atoms with Crippen LogP contribution in [-0.2, 0) is 0 Å². The van der Waals surface area contributed by atoms with Gasteiger partial charge in [0.15, 0.2) is 17.3 Å². The molecule has 9 nitrogen and oxygen atoms in total. The lowest BCUT2D eigenvalue weighted by atomic mass is 10.1. The highest BCUT2D eigenvalue weighted by molar-refractivity contribution is 7.15. The summed E-state index contributed by atoms with van der Waals surface area (Å²) in [7, 11) is 1.63. The van der Waals surface area contributed by atoms with Gasteiger partial charge in [-0.25, -0.2) is 4.68 Å². The molecule has 3 aromatic carbocycles. The quantitative estimate of drug-likeness (QED) is 0.0965. The number of aromatic nitrogens is 5. The molecule has 3 aromatic heterocycles. The standard InChI is InChI=1S/C39H41N5O4S/c1-4-6-8-12-24-47-32-19-17-29(18-20-32)37-30(27-43(42-37)31-13-10-9-11-14-31)26-35-38(45)44-39(49-35)40-36(41-44)22-16-28-15-21-33(34(25-28)46-3)48-23-7-5-2/h9-11,13-22,25-27H,4-8,12,23-24H2,1-3H3/b22-16+,35-26-. The van der Waals surface area contributed by atoms with Crippen molar-refractivity contribution < 1.29 is 14.2 Å². The van der Waals surface area contributed by atoms with Crippen LogP contribution in [0.5, 0.6) is 17.2 Å². The largest absolute Gasteiger partial charge is 0.494 e. The van der Waals surface area contributed by atoms with E-state index in [2.05, 4.69) is 23.9 Å². The van der Waals surface area contributed by atoms with Crippen LogP contribution in [0.1, 0.15) is 69.3 Å². The molecule has 0 aliphatic rings. The van der Waals surface area contributed by atoms with Crippen molar-refractivity contribution in [1.82, 2.24) is 24.4 Å². The molecule has 0 radical (unpaired) electrons. The van der Waals surface area contributed by atoms with Gasteiger partial charge in [-0.05, 0) is 79.1 Å². The summed E-state index contributed by atoms with van der Waals surface area (Å²) in [6.07, 6.45) is 14.2. The molecule has 6 rings (SSSR count). The molecule has 3 heterocycles. The lowest BCUT2D eigenvalue weighted by Gasteiger charge is -2.10. The number of ether oxygens (including phenoxy) is 3. The third-order valence-corrected chi connectivity index (χ3v) is 8.97. The molecule has 0 saturated heterocycles. The van der Waals surface area contributed by atoms with Crippen molar-refractivity contribution in [3.05, 3.63) is 111 Å². The van der Waals surface area contributed by atoms with E-state index in [1.807, 2.05) is 95.8 Å². The molecule has 0 fully saturated rings. The third kappa shape index (κ3) is 8.26. The van der Waals surface area contributed by atoms with Gasteiger partial charge in [-0.3, -0.25) is 4.79 Å². The highest BCUT2D eigenvalue weighted by atomic mass is 32.1. The Morgan fingerprint density at radius 1 is 0.816 bits per heavy atom. The number of thiazole rings is 1. The number of nitrogens with zero attached hydrogens (tertiary/aromatic N) is 5. The Balaban J connectivity index is 1.26. The van der Waals surface area contributed by atoms with E-state index in [1.54, 1.807) is 13.2 Å². The maximum atomic E-state index is 13.5. The summed E-state index contributed by atoms with van der Waals surface area (Å²) in [4.78, 5) is 18.7. The van der Waals surface area contributed by atoms with Crippen LogP contribution in [0.3, 0.4) is 0 Å². The second kappa shape index (κ2) is 16.3. The fraction of sp³-hybridized carbons (Fsp3) is 0.282. The molecule has 0 saturated carbocycles. The van der Waals surface area contributed by atoms with Crippen molar-refractivity contribution in [2.24, 2.45) is 0 Å². The number of fused-ring (bicyclic) bond motifs is 1. The van der Waals surface area contributed by atoms with Gasteiger partial charge < -0.3 is 14.2 Å². The molecule has 0 N–H and O–H groups in total. The number of hydrogen-bond donors (Lipinski definition) is 0. The van der Waals surface area contributed by atoms with Crippen LogP contribution in [-0.4, -0.2) is 44.7 Å². The number of hydrogen-bond acceptors (Lipinski definition) is 8. The number of benzene rings is 3. The molecular weight excluding hydrogens is 635 g/mol. The van der Waals surface area contributed by atoms with Crippen molar-refractivity contribution >= 4 is 34.5 Å². The molecule has 6 aromatic rings. The van der Waals surface area contributed by atoms with E-state index in [-0.39, 0.29) is 5.56 Å². The zero-order chi connectivity index (χ0) is 34.0. The van der Waals surface area contributed by atoms with Gasteiger partial charge in [0.05, 0.1) is 30.5 Å². The maximum Gasteiger partial charge on any atom is 0.291 e. The summed E-state index contributed by atoms with van der Waals surface area (Å²) >= 11 is 1.30. The lowest BCUT2D eigenvalue weighted by molar-refractivity contribution is 0.288. The fourth-order valence-electron chi connectivity index (χ4n) is 5.32. The minimum absolute atomic E-state index is 0.229. The van der Waals surface area contributed by atoms with Crippen LogP contribution in [0, 0.1) is 0 Å². The zero-order valence-electron chi connectivity index (χ0n) is 28.2. The molecule has 0 spiro atoms. The summed E-state index contributed by atoms with van der Waals surface area (Å²) < 4.78 is 21.0. The first-order valence-corrected chi connectivity index (χ1v) is 17.7. The zero-order valence-corrected chi connectivity index (χ0v) is 29.0. The van der Waals surface area contributed by atoms with E-state index in [0.29, 0.717) is 40.0 Å². The van der Waals surface area contributed by atoms with Crippen LogP contribution in [0.4, 0.5) is 0 Å². The van der Waals surface area contributed by atoms with Crippen molar-refractivity contribution in [1.29, 1.82) is 0 Å². The Labute approximate surface area is 290 Å². The van der Waals surface area contributed by atoms with Crippen molar-refractivity contribution in [2.45, 2.75) is 52.4 Å². The van der Waals surface area contributed by atoms with Crippen LogP contribution in [0.2, 0.25) is 0 Å². The highest BCUT2D eigenvalue weighted by Crippen LogP contribution is 2.29. The first-order valence-electron chi connectivity index (χ1n) is 16.8. The SMILES string of the molecule is CCCCCCOc1ccc(-c2nn(-c3ccccc3)cc2/C=c2\sc3nc(/C=C/c4ccc(OCCCC)c(OC)c4)nn3c2=O)cc1. The van der Waals surface area contributed by atoms with Crippen LogP contribution < -0.4 is 24.3 Å². The van der Waals surface area contributed by atoms with E-state index >= 15 is 0 Å². The summed E-state index contributed by atoms with van der Waals surface area (Å²) in [6.45, 7) is 5.68. The summed E-state index contributed by atoms with van der Waals surface area (Å²) in [5.41, 5.74) is 4.10. The van der Waals surface area contributed by atoms with Gasteiger partial charge in [0.2, 0.25) is 4.96 Å². The Morgan fingerprint density at radius 3 is 2.37 bits per heavy atom. The number of rotatable bonds is 16. The van der Waals surface area contributed by atoms with E-state index in [9.17, 15) is 4.79 Å². The smallest absolute Gasteiger partial charge is 0.291 e. The molecule has 49 heavy (non-hydrogen) atoms. The molecule has 0 unspecified atom stereocenters. The molecule has 0 aliphatic carbocycles. The van der Waals surface area contributed by atoms with E-state index in [0.717, 1.165) is 53.1 Å². The van der Waals surface area contributed by atoms with Crippen molar-refractivity contribution in [3.63, 3.8) is 0 Å². The van der Waals surface area contributed by atoms with E-state index in [4.69, 9.17) is 19.3 Å². The summed E-state index contributed by atoms with van der Waals surface area (Å²) in [6, 6.07) is 23.7. The van der Waals surface area contributed by atoms with Crippen LogP contribution in [0.25, 0.3) is 40.1 Å². The third-order valence-electron chi connectivity index (χ3n) is 8.01. The fourth-order valence-corrected chi connectivity index (χ4v) is 6.23. The summed E-state index contributed by atoms with van der Waals surface area (Å²) in [5.74, 6) is 2.65. The lowest BCUT2D eigenvalue weighted by Crippen LogP contribution is -2.23. The first kappa shape index (κ1) is 33.7. The number of para-hydroxylation sites is 1. The van der Waals surface area contributed by atoms with E-state index in [1.165, 1.54) is 35.1 Å². The second-order valence-electron chi connectivity index (χ2n) is 11.7.